The van der Waals surface area contributed by atoms with Crippen molar-refractivity contribution in [1.29, 1.82) is 0 Å². The minimum absolute atomic E-state index is 0.00760. The van der Waals surface area contributed by atoms with E-state index in [-0.39, 0.29) is 35.1 Å². The molecule has 0 saturated heterocycles. The first-order valence-corrected chi connectivity index (χ1v) is 22.2. The number of hydrogen-bond donors (Lipinski definition) is 0. The third kappa shape index (κ3) is 9.96. The Morgan fingerprint density at radius 1 is 0.750 bits per heavy atom. The third-order valence-electron chi connectivity index (χ3n) is 12.4. The predicted molar refractivity (Wildman–Crippen MR) is 242 cm³/mol. The molecule has 2 unspecified atom stereocenters. The lowest BCUT2D eigenvalue weighted by Crippen LogP contribution is -2.64. The van der Waals surface area contributed by atoms with E-state index < -0.39 is 46.5 Å². The van der Waals surface area contributed by atoms with Crippen molar-refractivity contribution in [2.24, 2.45) is 16.2 Å². The molecule has 4 bridgehead atoms. The second-order valence-corrected chi connectivity index (χ2v) is 22.3. The van der Waals surface area contributed by atoms with Crippen molar-refractivity contribution in [3.05, 3.63) is 65.7 Å². The Labute approximate surface area is 376 Å². The molecule has 0 spiro atoms. The highest BCUT2D eigenvalue weighted by molar-refractivity contribution is 6.04. The van der Waals surface area contributed by atoms with Crippen LogP contribution in [0.5, 0.6) is 0 Å². The van der Waals surface area contributed by atoms with Gasteiger partial charge in [-0.15, -0.1) is 0 Å². The van der Waals surface area contributed by atoms with E-state index in [1.807, 2.05) is 52.0 Å². The zero-order valence-corrected chi connectivity index (χ0v) is 39.9. The normalized spacial score (nSPS) is 24.1. The van der Waals surface area contributed by atoms with Gasteiger partial charge in [-0.3, -0.25) is 9.67 Å². The number of nitrogens with zero attached hydrogens (tertiary/aromatic N) is 5. The second kappa shape index (κ2) is 16.3. The van der Waals surface area contributed by atoms with Gasteiger partial charge < -0.3 is 23.7 Å². The standard InChI is InChI=1S/C50H65N5O9/c1-31-36(33-17-18-37(53-39(33)41(57)62-44(2,3)4)32-21-35-34(40(56)60-13)15-14-16-38(35)51-22-32)23-52-55(31)30-49-25-47(11)24-48(12,26-49)28-50(27-47,29-49)61-20-19-54(42(58)63-45(5,6)7)43(59)64-46(8,9)10/h14-18,21-23H,19-20,24-30H2,1-13H3. The van der Waals surface area contributed by atoms with E-state index in [2.05, 4.69) is 23.5 Å². The molecule has 8 rings (SSSR count). The van der Waals surface area contributed by atoms with Crippen LogP contribution in [0.4, 0.5) is 9.59 Å². The molecule has 4 aliphatic rings. The SMILES string of the molecule is COC(=O)c1cccc2ncc(-c3ccc(-c4cnn(CC56CC7(C)CC(C)(C5)CC(OCCN(C(=O)OC(C)(C)C)C(=O)OC(C)(C)C)(C7)C6)c4C)c(C(=O)OC(C)(C)C)n3)cc12. The summed E-state index contributed by atoms with van der Waals surface area (Å²) < 4.78 is 31.2. The van der Waals surface area contributed by atoms with Crippen LogP contribution >= 0.6 is 0 Å². The van der Waals surface area contributed by atoms with Gasteiger partial charge in [0.05, 0.1) is 48.8 Å². The minimum atomic E-state index is -0.802. The Morgan fingerprint density at radius 2 is 1.38 bits per heavy atom. The lowest BCUT2D eigenvalue weighted by molar-refractivity contribution is -0.248. The van der Waals surface area contributed by atoms with E-state index in [1.165, 1.54) is 7.11 Å². The largest absolute Gasteiger partial charge is 0.465 e. The summed E-state index contributed by atoms with van der Waals surface area (Å²) in [7, 11) is 1.34. The van der Waals surface area contributed by atoms with Gasteiger partial charge in [0.2, 0.25) is 0 Å². The van der Waals surface area contributed by atoms with E-state index >= 15 is 0 Å². The van der Waals surface area contributed by atoms with Gasteiger partial charge in [0, 0.05) is 40.5 Å². The maximum absolute atomic E-state index is 14.0. The first-order valence-electron chi connectivity index (χ1n) is 22.2. The van der Waals surface area contributed by atoms with E-state index in [0.717, 1.165) is 54.7 Å². The van der Waals surface area contributed by atoms with Crippen molar-refractivity contribution < 1.29 is 42.9 Å². The number of aromatic nitrogens is 4. The molecule has 4 aromatic rings. The lowest BCUT2D eigenvalue weighted by Gasteiger charge is -2.69. The summed E-state index contributed by atoms with van der Waals surface area (Å²) in [5, 5.41) is 5.58. The molecule has 4 saturated carbocycles. The molecular formula is C50H65N5O9. The van der Waals surface area contributed by atoms with Crippen LogP contribution in [-0.2, 0) is 30.2 Å². The van der Waals surface area contributed by atoms with Gasteiger partial charge in [0.25, 0.3) is 0 Å². The third-order valence-corrected chi connectivity index (χ3v) is 12.4. The number of benzene rings is 1. The molecule has 1 aromatic carbocycles. The highest BCUT2D eigenvalue weighted by Crippen LogP contribution is 2.72. The summed E-state index contributed by atoms with van der Waals surface area (Å²) in [4.78, 5) is 63.8. The number of methoxy groups -OCH3 is 1. The molecular weight excluding hydrogens is 815 g/mol. The summed E-state index contributed by atoms with van der Waals surface area (Å²) in [6.07, 6.45) is 7.62. The average molecular weight is 880 g/mol. The predicted octanol–water partition coefficient (Wildman–Crippen LogP) is 10.5. The monoisotopic (exact) mass is 879 g/mol. The van der Waals surface area contributed by atoms with Crippen LogP contribution in [0.25, 0.3) is 33.3 Å². The molecule has 0 N–H and O–H groups in total. The highest BCUT2D eigenvalue weighted by Gasteiger charge is 2.66. The summed E-state index contributed by atoms with van der Waals surface area (Å²) in [6, 6.07) is 10.8. The van der Waals surface area contributed by atoms with Gasteiger partial charge in [-0.25, -0.2) is 29.1 Å². The first-order chi connectivity index (χ1) is 29.6. The number of carbonyl (C=O) groups is 4. The number of imide groups is 1. The van der Waals surface area contributed by atoms with Crippen LogP contribution in [0.3, 0.4) is 0 Å². The fourth-order valence-corrected chi connectivity index (χ4v) is 11.5. The molecule has 4 aliphatic carbocycles. The van der Waals surface area contributed by atoms with Gasteiger partial charge in [0.1, 0.15) is 16.8 Å². The molecule has 14 heteroatoms. The summed E-state index contributed by atoms with van der Waals surface area (Å²) in [6.45, 7) is 23.6. The number of fused-ring (bicyclic) bond motifs is 1. The number of amides is 2. The van der Waals surface area contributed by atoms with Crippen molar-refractivity contribution >= 4 is 35.0 Å². The van der Waals surface area contributed by atoms with E-state index in [9.17, 15) is 19.2 Å². The minimum Gasteiger partial charge on any atom is -0.465 e. The smallest absolute Gasteiger partial charge is 0.419 e. The molecule has 0 aliphatic heterocycles. The molecule has 2 atom stereocenters. The number of ether oxygens (including phenoxy) is 5. The van der Waals surface area contributed by atoms with Crippen molar-refractivity contribution in [1.82, 2.24) is 24.6 Å². The molecule has 3 aromatic heterocycles. The van der Waals surface area contributed by atoms with Gasteiger partial charge >= 0.3 is 24.1 Å². The van der Waals surface area contributed by atoms with Crippen LogP contribution < -0.4 is 0 Å². The van der Waals surface area contributed by atoms with E-state index in [1.54, 1.807) is 66.1 Å². The van der Waals surface area contributed by atoms with Crippen LogP contribution in [0, 0.1) is 23.2 Å². The number of pyridine rings is 2. The van der Waals surface area contributed by atoms with Gasteiger partial charge in [-0.1, -0.05) is 19.9 Å². The fraction of sp³-hybridized carbons (Fsp3) is 0.580. The van der Waals surface area contributed by atoms with Crippen molar-refractivity contribution in [3.8, 4) is 22.4 Å². The Hall–Kier alpha value is -5.37. The van der Waals surface area contributed by atoms with E-state index in [0.29, 0.717) is 39.8 Å². The second-order valence-electron chi connectivity index (χ2n) is 22.3. The molecule has 2 amide bonds. The Kier molecular flexibility index (Phi) is 11.8. The van der Waals surface area contributed by atoms with E-state index in [4.69, 9.17) is 33.8 Å². The number of hydrogen-bond acceptors (Lipinski definition) is 12. The maximum Gasteiger partial charge on any atom is 0.419 e. The van der Waals surface area contributed by atoms with Crippen LogP contribution in [0.1, 0.15) is 141 Å². The molecule has 4 fully saturated rings. The lowest BCUT2D eigenvalue weighted by atomic mass is 9.39. The molecule has 3 heterocycles. The Bertz CT molecular complexity index is 2440. The number of carbonyl (C=O) groups excluding carboxylic acids is 4. The molecule has 0 radical (unpaired) electrons. The van der Waals surface area contributed by atoms with Crippen LogP contribution in [0.15, 0.2) is 48.8 Å². The fourth-order valence-electron chi connectivity index (χ4n) is 11.5. The van der Waals surface area contributed by atoms with Crippen molar-refractivity contribution in [3.63, 3.8) is 0 Å². The summed E-state index contributed by atoms with van der Waals surface area (Å²) in [5.74, 6) is -1.05. The Balaban J connectivity index is 1.18. The summed E-state index contributed by atoms with van der Waals surface area (Å²) in [5.41, 5.74) is 1.54. The number of rotatable bonds is 10. The zero-order valence-electron chi connectivity index (χ0n) is 39.9. The number of esters is 2. The van der Waals surface area contributed by atoms with Crippen molar-refractivity contribution in [2.45, 2.75) is 151 Å². The maximum atomic E-state index is 14.0. The topological polar surface area (TPSA) is 161 Å². The molecule has 14 nitrogen and oxygen atoms in total. The molecule has 64 heavy (non-hydrogen) atoms. The highest BCUT2D eigenvalue weighted by atomic mass is 16.6. The first kappa shape index (κ1) is 46.6. The molecule has 344 valence electrons. The van der Waals surface area contributed by atoms with Gasteiger partial charge in [0.15, 0.2) is 5.69 Å². The summed E-state index contributed by atoms with van der Waals surface area (Å²) >= 11 is 0. The van der Waals surface area contributed by atoms with Crippen LogP contribution in [0.2, 0.25) is 0 Å². The van der Waals surface area contributed by atoms with Crippen LogP contribution in [-0.4, -0.2) is 91.4 Å². The average Bonchev–Trinajstić information content (AvgIpc) is 3.49. The zero-order chi connectivity index (χ0) is 46.8. The Morgan fingerprint density at radius 3 is 1.97 bits per heavy atom. The van der Waals surface area contributed by atoms with Crippen molar-refractivity contribution in [2.75, 3.05) is 20.3 Å². The van der Waals surface area contributed by atoms with Gasteiger partial charge in [-0.2, -0.15) is 5.10 Å². The quantitative estimate of drug-likeness (QED) is 0.110. The van der Waals surface area contributed by atoms with Gasteiger partial charge in [-0.05, 0) is 154 Å².